The van der Waals surface area contributed by atoms with Crippen molar-refractivity contribution >= 4 is 27.6 Å². The molecule has 26 heavy (non-hydrogen) atoms. The summed E-state index contributed by atoms with van der Waals surface area (Å²) in [6, 6.07) is 4.30. The van der Waals surface area contributed by atoms with Crippen LogP contribution in [-0.4, -0.2) is 51.8 Å². The number of hydrogen-bond acceptors (Lipinski definition) is 7. The molecule has 2 N–H and O–H groups in total. The molecular formula is C17H21N4O3S2+. The molecule has 2 aliphatic heterocycles. The Kier molecular flexibility index (Phi) is 4.02. The van der Waals surface area contributed by atoms with Crippen molar-refractivity contribution in [1.82, 2.24) is 14.6 Å². The molecule has 2 saturated heterocycles. The number of fused-ring (bicyclic) bond motifs is 1. The number of nitrogens with zero attached hydrogens (tertiary/aromatic N) is 3. The number of hydrogen-bond donors (Lipinski definition) is 2. The lowest BCUT2D eigenvalue weighted by Gasteiger charge is -2.38. The fourth-order valence-corrected chi connectivity index (χ4v) is 6.18. The summed E-state index contributed by atoms with van der Waals surface area (Å²) in [6.45, 7) is 5.10. The summed E-state index contributed by atoms with van der Waals surface area (Å²) in [5.41, 5.74) is 0. The molecule has 5 heterocycles. The Morgan fingerprint density at radius 1 is 1.31 bits per heavy atom. The van der Waals surface area contributed by atoms with E-state index in [0.29, 0.717) is 19.0 Å². The van der Waals surface area contributed by atoms with Crippen LogP contribution in [0.15, 0.2) is 17.5 Å². The predicted octanol–water partition coefficient (Wildman–Crippen LogP) is 1.38. The molecule has 3 aromatic rings. The van der Waals surface area contributed by atoms with Crippen molar-refractivity contribution in [3.05, 3.63) is 33.1 Å². The molecule has 1 spiro atoms. The normalized spacial score (nSPS) is 21.7. The lowest BCUT2D eigenvalue weighted by molar-refractivity contribution is -0.933. The van der Waals surface area contributed by atoms with Crippen molar-refractivity contribution in [2.45, 2.75) is 31.6 Å². The summed E-state index contributed by atoms with van der Waals surface area (Å²) in [7, 11) is 0. The lowest BCUT2D eigenvalue weighted by atomic mass is 10.0. The Bertz CT molecular complexity index is 904. The third-order valence-electron chi connectivity index (χ3n) is 5.27. The maximum Gasteiger partial charge on any atom is 0.235 e. The zero-order valence-electron chi connectivity index (χ0n) is 14.5. The van der Waals surface area contributed by atoms with Gasteiger partial charge in [0, 0.05) is 0 Å². The molecule has 3 aromatic heterocycles. The highest BCUT2D eigenvalue weighted by atomic mass is 32.1. The van der Waals surface area contributed by atoms with Crippen LogP contribution in [0.2, 0.25) is 0 Å². The van der Waals surface area contributed by atoms with Crippen molar-refractivity contribution in [2.75, 3.05) is 26.3 Å². The van der Waals surface area contributed by atoms with Gasteiger partial charge >= 0.3 is 0 Å². The van der Waals surface area contributed by atoms with Crippen LogP contribution in [-0.2, 0) is 9.47 Å². The van der Waals surface area contributed by atoms with Crippen LogP contribution in [0, 0.1) is 6.92 Å². The average Bonchev–Trinajstić information content (AvgIpc) is 3.40. The summed E-state index contributed by atoms with van der Waals surface area (Å²) in [5, 5.41) is 17.2. The molecule has 2 fully saturated rings. The first-order valence-electron chi connectivity index (χ1n) is 8.86. The number of piperidine rings is 1. The van der Waals surface area contributed by atoms with E-state index in [2.05, 4.69) is 27.6 Å². The highest BCUT2D eigenvalue weighted by Crippen LogP contribution is 2.37. The van der Waals surface area contributed by atoms with Crippen molar-refractivity contribution in [3.8, 4) is 5.88 Å². The minimum Gasteiger partial charge on any atom is -0.492 e. The van der Waals surface area contributed by atoms with E-state index in [1.807, 2.05) is 6.92 Å². The molecule has 0 saturated carbocycles. The molecule has 0 aromatic carbocycles. The molecule has 2 aliphatic rings. The van der Waals surface area contributed by atoms with E-state index in [1.165, 1.54) is 21.1 Å². The van der Waals surface area contributed by atoms with E-state index in [0.717, 1.165) is 35.8 Å². The Morgan fingerprint density at radius 2 is 2.08 bits per heavy atom. The van der Waals surface area contributed by atoms with E-state index in [-0.39, 0.29) is 17.7 Å². The van der Waals surface area contributed by atoms with Crippen molar-refractivity contribution in [3.63, 3.8) is 0 Å². The first kappa shape index (κ1) is 16.6. The molecule has 0 unspecified atom stereocenters. The maximum absolute atomic E-state index is 10.8. The Hall–Kier alpha value is -1.52. The topological polar surface area (TPSA) is 73.3 Å². The Labute approximate surface area is 158 Å². The van der Waals surface area contributed by atoms with Gasteiger partial charge in [-0.2, -0.15) is 4.52 Å². The summed E-state index contributed by atoms with van der Waals surface area (Å²) < 4.78 is 13.3. The molecule has 138 valence electrons. The molecule has 0 bridgehead atoms. The number of likely N-dealkylation sites (tertiary alicyclic amines) is 1. The number of thiophene rings is 1. The van der Waals surface area contributed by atoms with Gasteiger partial charge in [-0.15, -0.1) is 16.4 Å². The van der Waals surface area contributed by atoms with Gasteiger partial charge in [0.25, 0.3) is 0 Å². The van der Waals surface area contributed by atoms with Gasteiger partial charge in [-0.25, -0.2) is 4.98 Å². The third-order valence-corrected chi connectivity index (χ3v) is 7.29. The summed E-state index contributed by atoms with van der Waals surface area (Å²) in [5.74, 6) is 0.507. The van der Waals surface area contributed by atoms with Crippen LogP contribution in [0.4, 0.5) is 0 Å². The molecule has 0 amide bonds. The number of nitrogens with one attached hydrogen (secondary N) is 1. The van der Waals surface area contributed by atoms with Crippen molar-refractivity contribution < 1.29 is 19.5 Å². The molecule has 9 heteroatoms. The molecule has 7 nitrogen and oxygen atoms in total. The van der Waals surface area contributed by atoms with Crippen LogP contribution in [0.5, 0.6) is 5.88 Å². The number of aromatic nitrogens is 3. The Balaban J connectivity index is 1.50. The number of rotatable bonds is 3. The van der Waals surface area contributed by atoms with Gasteiger partial charge in [0.2, 0.25) is 10.8 Å². The minimum absolute atomic E-state index is 0.0857. The number of ether oxygens (including phenoxy) is 2. The van der Waals surface area contributed by atoms with Gasteiger partial charge in [0.15, 0.2) is 11.8 Å². The maximum atomic E-state index is 10.8. The lowest BCUT2D eigenvalue weighted by Crippen LogP contribution is -3.14. The fourth-order valence-electron chi connectivity index (χ4n) is 4.03. The molecule has 0 radical (unpaired) electrons. The van der Waals surface area contributed by atoms with Crippen molar-refractivity contribution in [2.24, 2.45) is 0 Å². The van der Waals surface area contributed by atoms with E-state index in [1.54, 1.807) is 15.9 Å². The number of quaternary nitrogens is 1. The number of aryl methyl sites for hydroxylation is 1. The molecule has 1 atom stereocenters. The molecule has 5 rings (SSSR count). The predicted molar refractivity (Wildman–Crippen MR) is 98.0 cm³/mol. The van der Waals surface area contributed by atoms with Gasteiger partial charge in [0.1, 0.15) is 10.7 Å². The minimum atomic E-state index is -0.381. The van der Waals surface area contributed by atoms with Crippen molar-refractivity contribution in [1.29, 1.82) is 0 Å². The van der Waals surface area contributed by atoms with Crippen LogP contribution in [0.25, 0.3) is 4.96 Å². The number of thiazole rings is 1. The first-order valence-corrected chi connectivity index (χ1v) is 10.6. The fraction of sp³-hybridized carbons (Fsp3) is 0.529. The molecule has 0 aliphatic carbocycles. The van der Waals surface area contributed by atoms with Gasteiger partial charge in [-0.1, -0.05) is 17.4 Å². The largest absolute Gasteiger partial charge is 0.492 e. The number of aromatic hydroxyl groups is 1. The summed E-state index contributed by atoms with van der Waals surface area (Å²) in [6.07, 6.45) is 1.76. The summed E-state index contributed by atoms with van der Waals surface area (Å²) >= 11 is 3.26. The summed E-state index contributed by atoms with van der Waals surface area (Å²) in [4.78, 5) is 8.78. The zero-order valence-corrected chi connectivity index (χ0v) is 16.1. The van der Waals surface area contributed by atoms with Gasteiger partial charge in [-0.05, 0) is 18.4 Å². The first-order chi connectivity index (χ1) is 12.7. The van der Waals surface area contributed by atoms with E-state index in [9.17, 15) is 5.11 Å². The standard InChI is InChI=1S/C17H20N4O3S2/c1-11-18-16-21(19-11)15(22)14(26-16)13(12-3-2-10-25-12)20-6-4-17(5-7-20)23-8-9-24-17/h2-3,10,13,22H,4-9H2,1H3/p+1/t13-/m0/s1. The van der Waals surface area contributed by atoms with Gasteiger partial charge in [-0.3, -0.25) is 0 Å². The molecular weight excluding hydrogens is 372 g/mol. The van der Waals surface area contributed by atoms with Gasteiger partial charge < -0.3 is 19.5 Å². The SMILES string of the molecule is Cc1nc2sc([C@H](c3cccs3)[NH+]3CCC4(CC3)OCCO4)c(O)n2n1. The van der Waals surface area contributed by atoms with E-state index in [4.69, 9.17) is 9.47 Å². The van der Waals surface area contributed by atoms with E-state index < -0.39 is 0 Å². The smallest absolute Gasteiger partial charge is 0.235 e. The highest BCUT2D eigenvalue weighted by Gasteiger charge is 2.45. The van der Waals surface area contributed by atoms with Crippen LogP contribution < -0.4 is 4.90 Å². The second-order valence-electron chi connectivity index (χ2n) is 6.86. The van der Waals surface area contributed by atoms with Crippen LogP contribution in [0.1, 0.15) is 34.5 Å². The van der Waals surface area contributed by atoms with Crippen LogP contribution in [0.3, 0.4) is 0 Å². The monoisotopic (exact) mass is 393 g/mol. The second kappa shape index (κ2) is 6.28. The zero-order chi connectivity index (χ0) is 17.7. The second-order valence-corrected chi connectivity index (χ2v) is 8.85. The highest BCUT2D eigenvalue weighted by molar-refractivity contribution is 7.17. The Morgan fingerprint density at radius 3 is 2.73 bits per heavy atom. The van der Waals surface area contributed by atoms with E-state index >= 15 is 0 Å². The third kappa shape index (κ3) is 2.66. The van der Waals surface area contributed by atoms with Crippen LogP contribution >= 0.6 is 22.7 Å². The van der Waals surface area contributed by atoms with Gasteiger partial charge in [0.05, 0.1) is 44.0 Å². The quantitative estimate of drug-likeness (QED) is 0.703. The average molecular weight is 394 g/mol.